The summed E-state index contributed by atoms with van der Waals surface area (Å²) in [5, 5.41) is 23.9. The van der Waals surface area contributed by atoms with Gasteiger partial charge in [-0.15, -0.1) is 0 Å². The summed E-state index contributed by atoms with van der Waals surface area (Å²) in [5.74, 6) is -4.35. The maximum Gasteiger partial charge on any atom is 0.320 e. The molecule has 9 heteroatoms. The van der Waals surface area contributed by atoms with Crippen molar-refractivity contribution in [1.29, 1.82) is 0 Å². The SMILES string of the molecule is CC[C@H]1C=C[C@H](O)[C@H](C)OC(=O)[C@@]2(C)C=CC(=O)NC3=C2C(=O)c2c(cc(C)c(O)c2C(=O)CC1)C3=O. The molecule has 1 amide bonds. The third-order valence-corrected chi connectivity index (χ3v) is 7.33. The molecule has 0 unspecified atom stereocenters. The van der Waals surface area contributed by atoms with Crippen molar-refractivity contribution in [2.75, 3.05) is 0 Å². The first-order valence-corrected chi connectivity index (χ1v) is 12.2. The molecule has 4 atom stereocenters. The quantitative estimate of drug-likeness (QED) is 0.388. The summed E-state index contributed by atoms with van der Waals surface area (Å²) < 4.78 is 5.53. The molecule has 3 aliphatic rings. The third kappa shape index (κ3) is 4.33. The predicted molar refractivity (Wildman–Crippen MR) is 132 cm³/mol. The van der Waals surface area contributed by atoms with Crippen molar-refractivity contribution in [2.45, 2.75) is 59.2 Å². The van der Waals surface area contributed by atoms with Gasteiger partial charge in [-0.05, 0) is 51.2 Å². The minimum Gasteiger partial charge on any atom is -0.507 e. The Hall–Kier alpha value is -3.85. The number of amides is 1. The Kier molecular flexibility index (Phi) is 6.77. The average Bonchev–Trinajstić information content (AvgIpc) is 2.99. The molecule has 194 valence electrons. The van der Waals surface area contributed by atoms with Crippen LogP contribution in [0.4, 0.5) is 0 Å². The van der Waals surface area contributed by atoms with Gasteiger partial charge in [0.2, 0.25) is 11.7 Å². The molecule has 2 heterocycles. The van der Waals surface area contributed by atoms with Gasteiger partial charge in [0, 0.05) is 29.2 Å². The summed E-state index contributed by atoms with van der Waals surface area (Å²) in [4.78, 5) is 67.1. The number of allylic oxidation sites excluding steroid dienone is 2. The Morgan fingerprint density at radius 1 is 1.11 bits per heavy atom. The monoisotopic (exact) mass is 507 g/mol. The highest BCUT2D eigenvalue weighted by atomic mass is 16.6. The Labute approximate surface area is 213 Å². The summed E-state index contributed by atoms with van der Waals surface area (Å²) in [6.07, 6.45) is 4.22. The number of esters is 1. The zero-order chi connectivity index (χ0) is 27.2. The second-order valence-electron chi connectivity index (χ2n) is 9.89. The number of phenolic OH excluding ortho intramolecular Hbond substituents is 1. The molecule has 0 saturated heterocycles. The molecule has 0 spiro atoms. The molecule has 9 nitrogen and oxygen atoms in total. The van der Waals surface area contributed by atoms with Gasteiger partial charge in [0.05, 0.1) is 11.3 Å². The number of aliphatic hydroxyl groups is 1. The molecule has 1 aromatic carbocycles. The van der Waals surface area contributed by atoms with Gasteiger partial charge in [-0.1, -0.05) is 25.2 Å². The van der Waals surface area contributed by atoms with Crippen LogP contribution < -0.4 is 5.32 Å². The highest BCUT2D eigenvalue weighted by Gasteiger charge is 2.50. The Bertz CT molecular complexity index is 1330. The minimum absolute atomic E-state index is 0.0331. The molecule has 3 N–H and O–H groups in total. The van der Waals surface area contributed by atoms with Gasteiger partial charge in [-0.25, -0.2) is 0 Å². The highest BCUT2D eigenvalue weighted by Crippen LogP contribution is 2.44. The number of phenols is 1. The summed E-state index contributed by atoms with van der Waals surface area (Å²) >= 11 is 0. The largest absolute Gasteiger partial charge is 0.507 e. The van der Waals surface area contributed by atoms with Crippen molar-refractivity contribution < 1.29 is 38.9 Å². The number of cyclic esters (lactones) is 1. The second-order valence-corrected chi connectivity index (χ2v) is 9.89. The first-order valence-electron chi connectivity index (χ1n) is 12.2. The number of aryl methyl sites for hydroxylation is 1. The van der Waals surface area contributed by atoms with E-state index in [0.29, 0.717) is 12.8 Å². The molecular weight excluding hydrogens is 478 g/mol. The van der Waals surface area contributed by atoms with Gasteiger partial charge < -0.3 is 20.3 Å². The topological polar surface area (TPSA) is 147 Å². The van der Waals surface area contributed by atoms with E-state index in [4.69, 9.17) is 4.74 Å². The molecule has 0 saturated carbocycles. The van der Waals surface area contributed by atoms with Gasteiger partial charge in [-0.3, -0.25) is 24.0 Å². The molecule has 4 rings (SSSR count). The Morgan fingerprint density at radius 3 is 2.49 bits per heavy atom. The van der Waals surface area contributed by atoms with Crippen LogP contribution in [0.25, 0.3) is 0 Å². The Morgan fingerprint density at radius 2 is 1.81 bits per heavy atom. The van der Waals surface area contributed by atoms with E-state index >= 15 is 0 Å². The number of aliphatic hydroxyl groups excluding tert-OH is 1. The van der Waals surface area contributed by atoms with Crippen molar-refractivity contribution in [3.05, 3.63) is 63.9 Å². The summed E-state index contributed by atoms with van der Waals surface area (Å²) in [7, 11) is 0. The number of carbonyl (C=O) groups is 5. The number of ether oxygens (including phenoxy) is 1. The molecular formula is C28H29NO8. The van der Waals surface area contributed by atoms with Crippen LogP contribution in [0.5, 0.6) is 5.75 Å². The van der Waals surface area contributed by atoms with Crippen LogP contribution in [-0.2, 0) is 14.3 Å². The van der Waals surface area contributed by atoms with Crippen LogP contribution in [0, 0.1) is 18.3 Å². The molecule has 1 aromatic rings. The van der Waals surface area contributed by atoms with Gasteiger partial charge in [0.15, 0.2) is 11.6 Å². The van der Waals surface area contributed by atoms with Gasteiger partial charge in [-0.2, -0.15) is 0 Å². The van der Waals surface area contributed by atoms with E-state index < -0.39 is 52.6 Å². The van der Waals surface area contributed by atoms with E-state index in [1.165, 1.54) is 39.0 Å². The smallest absolute Gasteiger partial charge is 0.320 e. The highest BCUT2D eigenvalue weighted by molar-refractivity contribution is 6.32. The molecule has 0 radical (unpaired) electrons. The number of hydrogen-bond acceptors (Lipinski definition) is 8. The lowest BCUT2D eigenvalue weighted by atomic mass is 9.71. The van der Waals surface area contributed by atoms with Crippen LogP contribution in [0.15, 0.2) is 41.6 Å². The molecule has 2 aliphatic heterocycles. The van der Waals surface area contributed by atoms with Crippen LogP contribution >= 0.6 is 0 Å². The first-order chi connectivity index (χ1) is 17.4. The fourth-order valence-electron chi connectivity index (χ4n) is 4.92. The molecule has 0 fully saturated rings. The number of Topliss-reactive ketones (excluding diaryl/α,β-unsaturated/α-hetero) is 3. The van der Waals surface area contributed by atoms with Crippen LogP contribution in [-0.4, -0.2) is 51.6 Å². The van der Waals surface area contributed by atoms with Gasteiger partial charge >= 0.3 is 5.97 Å². The number of rotatable bonds is 1. The second kappa shape index (κ2) is 9.55. The molecule has 2 bridgehead atoms. The lowest BCUT2D eigenvalue weighted by molar-refractivity contribution is -0.158. The van der Waals surface area contributed by atoms with Crippen molar-refractivity contribution in [3.63, 3.8) is 0 Å². The lowest BCUT2D eigenvalue weighted by Gasteiger charge is -2.32. The molecule has 1 aliphatic carbocycles. The molecule has 37 heavy (non-hydrogen) atoms. The van der Waals surface area contributed by atoms with Crippen molar-refractivity contribution in [1.82, 2.24) is 5.32 Å². The number of nitrogens with one attached hydrogen (secondary N) is 1. The number of aromatic hydroxyl groups is 1. The number of benzene rings is 1. The van der Waals surface area contributed by atoms with E-state index in [2.05, 4.69) is 5.32 Å². The Balaban J connectivity index is 2.02. The zero-order valence-electron chi connectivity index (χ0n) is 21.1. The van der Waals surface area contributed by atoms with Gasteiger partial charge in [0.25, 0.3) is 0 Å². The first kappa shape index (κ1) is 26.2. The number of carbonyl (C=O) groups excluding carboxylic acids is 5. The minimum atomic E-state index is -1.91. The van der Waals surface area contributed by atoms with Gasteiger partial charge in [0.1, 0.15) is 23.4 Å². The fourth-order valence-corrected chi connectivity index (χ4v) is 4.92. The van der Waals surface area contributed by atoms with E-state index in [1.807, 2.05) is 6.92 Å². The predicted octanol–water partition coefficient (Wildman–Crippen LogP) is 2.88. The lowest BCUT2D eigenvalue weighted by Crippen LogP contribution is -2.42. The van der Waals surface area contributed by atoms with E-state index in [1.54, 1.807) is 6.08 Å². The molecule has 0 aromatic heterocycles. The van der Waals surface area contributed by atoms with E-state index in [-0.39, 0.29) is 45.9 Å². The van der Waals surface area contributed by atoms with E-state index in [9.17, 15) is 34.2 Å². The summed E-state index contributed by atoms with van der Waals surface area (Å²) in [6.45, 7) is 6.24. The van der Waals surface area contributed by atoms with Crippen LogP contribution in [0.1, 0.15) is 76.7 Å². The van der Waals surface area contributed by atoms with Crippen molar-refractivity contribution in [2.24, 2.45) is 11.3 Å². The van der Waals surface area contributed by atoms with E-state index in [0.717, 1.165) is 6.08 Å². The summed E-state index contributed by atoms with van der Waals surface area (Å²) in [5.41, 5.74) is -3.17. The number of hydrogen-bond donors (Lipinski definition) is 3. The zero-order valence-corrected chi connectivity index (χ0v) is 21.1. The maximum atomic E-state index is 14.1. The normalized spacial score (nSPS) is 28.4. The van der Waals surface area contributed by atoms with Crippen molar-refractivity contribution >= 4 is 29.2 Å². The standard InChI is InChI=1S/C28H29NO8/c1-5-15-6-8-17(30)14(3)37-27(36)28(4)11-10-19(32)29-23-22(28)26(35)20-16(25(23)34)12-13(2)24(33)21(20)18(31)9-7-15/h6,8,10-12,14-15,17,30,33H,5,7,9H2,1-4H3,(H,29,32)/t14-,15-,17-,28-/m0/s1. The van der Waals surface area contributed by atoms with Crippen LogP contribution in [0.3, 0.4) is 0 Å². The maximum absolute atomic E-state index is 14.1. The fraction of sp³-hybridized carbons (Fsp3) is 0.393. The number of ketones is 3. The van der Waals surface area contributed by atoms with Crippen LogP contribution in [0.2, 0.25) is 0 Å². The third-order valence-electron chi connectivity index (χ3n) is 7.33. The van der Waals surface area contributed by atoms with Crippen molar-refractivity contribution in [3.8, 4) is 5.75 Å². The summed E-state index contributed by atoms with van der Waals surface area (Å²) in [6, 6.07) is 1.30. The average molecular weight is 508 g/mol.